The number of hydrogen-bond acceptors (Lipinski definition) is 2. The first kappa shape index (κ1) is 13.5. The Labute approximate surface area is 116 Å². The first-order valence-corrected chi connectivity index (χ1v) is 6.01. The van der Waals surface area contributed by atoms with E-state index in [1.807, 2.05) is 0 Å². The van der Waals surface area contributed by atoms with E-state index in [2.05, 4.69) is 21.2 Å². The van der Waals surface area contributed by atoms with Crippen molar-refractivity contribution >= 4 is 27.5 Å². The maximum absolute atomic E-state index is 13.4. The molecular weight excluding hydrogens is 320 g/mol. The van der Waals surface area contributed by atoms with Crippen LogP contribution in [0.5, 0.6) is 5.75 Å². The number of anilines is 1. The molecule has 0 fully saturated rings. The van der Waals surface area contributed by atoms with E-state index in [0.717, 1.165) is 12.1 Å². The van der Waals surface area contributed by atoms with Crippen LogP contribution in [0.15, 0.2) is 40.9 Å². The minimum Gasteiger partial charge on any atom is -0.508 e. The average molecular weight is 328 g/mol. The standard InChI is InChI=1S/C13H8BrF2NO2/c14-9-3-1-7(5-10(9)15)13(19)17-12-4-2-8(18)6-11(12)16/h1-6,18H,(H,17,19). The van der Waals surface area contributed by atoms with Gasteiger partial charge in [-0.05, 0) is 46.3 Å². The first-order chi connectivity index (χ1) is 8.97. The highest BCUT2D eigenvalue weighted by Gasteiger charge is 2.11. The molecule has 2 aromatic rings. The molecule has 19 heavy (non-hydrogen) atoms. The number of carbonyl (C=O) groups excluding carboxylic acids is 1. The van der Waals surface area contributed by atoms with E-state index in [9.17, 15) is 13.6 Å². The number of phenols is 1. The molecule has 0 aliphatic heterocycles. The second kappa shape index (κ2) is 5.36. The zero-order chi connectivity index (χ0) is 14.0. The third-order valence-electron chi connectivity index (χ3n) is 2.38. The number of aromatic hydroxyl groups is 1. The number of amides is 1. The molecule has 2 N–H and O–H groups in total. The predicted octanol–water partition coefficient (Wildman–Crippen LogP) is 3.69. The molecule has 1 amide bonds. The number of phenolic OH excluding ortho intramolecular Hbond substituents is 1. The predicted molar refractivity (Wildman–Crippen MR) is 70.1 cm³/mol. The number of rotatable bonds is 2. The smallest absolute Gasteiger partial charge is 0.255 e. The van der Waals surface area contributed by atoms with Crippen LogP contribution in [0.4, 0.5) is 14.5 Å². The lowest BCUT2D eigenvalue weighted by Crippen LogP contribution is -2.13. The van der Waals surface area contributed by atoms with Gasteiger partial charge >= 0.3 is 0 Å². The summed E-state index contributed by atoms with van der Waals surface area (Å²) in [5.74, 6) is -2.24. The molecule has 0 atom stereocenters. The fourth-order valence-electron chi connectivity index (χ4n) is 1.44. The van der Waals surface area contributed by atoms with Crippen LogP contribution in [0.1, 0.15) is 10.4 Å². The lowest BCUT2D eigenvalue weighted by molar-refractivity contribution is 0.102. The summed E-state index contributed by atoms with van der Waals surface area (Å²) in [7, 11) is 0. The summed E-state index contributed by atoms with van der Waals surface area (Å²) in [6.07, 6.45) is 0. The van der Waals surface area contributed by atoms with E-state index in [1.54, 1.807) is 0 Å². The Kier molecular flexibility index (Phi) is 3.80. The van der Waals surface area contributed by atoms with Crippen LogP contribution in [0.3, 0.4) is 0 Å². The van der Waals surface area contributed by atoms with Gasteiger partial charge in [-0.2, -0.15) is 0 Å². The van der Waals surface area contributed by atoms with Crippen LogP contribution in [-0.2, 0) is 0 Å². The quantitative estimate of drug-likeness (QED) is 0.826. The fraction of sp³-hybridized carbons (Fsp3) is 0. The normalized spacial score (nSPS) is 10.3. The number of benzene rings is 2. The molecule has 2 aromatic carbocycles. The third kappa shape index (κ3) is 3.08. The minimum absolute atomic E-state index is 0.0631. The van der Waals surface area contributed by atoms with Crippen molar-refractivity contribution in [2.75, 3.05) is 5.32 Å². The van der Waals surface area contributed by atoms with Crippen LogP contribution >= 0.6 is 15.9 Å². The zero-order valence-corrected chi connectivity index (χ0v) is 11.0. The number of hydrogen-bond donors (Lipinski definition) is 2. The molecule has 0 saturated heterocycles. The lowest BCUT2D eigenvalue weighted by Gasteiger charge is -2.07. The third-order valence-corrected chi connectivity index (χ3v) is 3.03. The maximum atomic E-state index is 13.4. The highest BCUT2D eigenvalue weighted by Crippen LogP contribution is 2.21. The minimum atomic E-state index is -0.772. The van der Waals surface area contributed by atoms with E-state index in [4.69, 9.17) is 5.11 Å². The van der Waals surface area contributed by atoms with Gasteiger partial charge < -0.3 is 10.4 Å². The molecule has 0 spiro atoms. The Morgan fingerprint density at radius 1 is 1.11 bits per heavy atom. The van der Waals surface area contributed by atoms with Gasteiger partial charge in [-0.15, -0.1) is 0 Å². The zero-order valence-electron chi connectivity index (χ0n) is 9.45. The summed E-state index contributed by atoms with van der Waals surface area (Å²) in [6.45, 7) is 0. The Morgan fingerprint density at radius 2 is 1.84 bits per heavy atom. The number of nitrogens with one attached hydrogen (secondary N) is 1. The first-order valence-electron chi connectivity index (χ1n) is 5.22. The van der Waals surface area contributed by atoms with Crippen molar-refractivity contribution in [2.24, 2.45) is 0 Å². The van der Waals surface area contributed by atoms with E-state index in [0.29, 0.717) is 0 Å². The van der Waals surface area contributed by atoms with Gasteiger partial charge in [-0.3, -0.25) is 4.79 Å². The van der Waals surface area contributed by atoms with E-state index < -0.39 is 17.5 Å². The monoisotopic (exact) mass is 327 g/mol. The van der Waals surface area contributed by atoms with Crippen LogP contribution in [0.2, 0.25) is 0 Å². The molecule has 6 heteroatoms. The summed E-state index contributed by atoms with van der Waals surface area (Å²) in [4.78, 5) is 11.8. The van der Waals surface area contributed by atoms with Gasteiger partial charge in [0, 0.05) is 11.6 Å². The summed E-state index contributed by atoms with van der Waals surface area (Å²) >= 11 is 2.97. The Hall–Kier alpha value is -1.95. The topological polar surface area (TPSA) is 49.3 Å². The van der Waals surface area contributed by atoms with Crippen molar-refractivity contribution in [3.63, 3.8) is 0 Å². The van der Waals surface area contributed by atoms with Gasteiger partial charge in [-0.25, -0.2) is 8.78 Å². The molecule has 0 bridgehead atoms. The van der Waals surface area contributed by atoms with Gasteiger partial charge in [0.15, 0.2) is 0 Å². The molecule has 0 aliphatic rings. The Morgan fingerprint density at radius 3 is 2.47 bits per heavy atom. The van der Waals surface area contributed by atoms with Crippen molar-refractivity contribution in [1.82, 2.24) is 0 Å². The molecule has 2 rings (SSSR count). The second-order valence-corrected chi connectivity index (χ2v) is 4.60. The molecule has 0 unspecified atom stereocenters. The Balaban J connectivity index is 2.23. The van der Waals surface area contributed by atoms with Gasteiger partial charge in [0.05, 0.1) is 10.2 Å². The molecule has 0 aliphatic carbocycles. The molecular formula is C13H8BrF2NO2. The lowest BCUT2D eigenvalue weighted by atomic mass is 10.2. The van der Waals surface area contributed by atoms with Crippen molar-refractivity contribution in [1.29, 1.82) is 0 Å². The molecule has 0 heterocycles. The molecule has 0 aromatic heterocycles. The highest BCUT2D eigenvalue weighted by molar-refractivity contribution is 9.10. The average Bonchev–Trinajstić information content (AvgIpc) is 2.36. The van der Waals surface area contributed by atoms with Gasteiger partial charge in [0.25, 0.3) is 5.91 Å². The van der Waals surface area contributed by atoms with Crippen molar-refractivity contribution in [3.05, 3.63) is 58.1 Å². The van der Waals surface area contributed by atoms with Crippen LogP contribution in [-0.4, -0.2) is 11.0 Å². The SMILES string of the molecule is O=C(Nc1ccc(O)cc1F)c1ccc(Br)c(F)c1. The molecule has 0 saturated carbocycles. The second-order valence-electron chi connectivity index (χ2n) is 3.75. The van der Waals surface area contributed by atoms with Crippen LogP contribution in [0, 0.1) is 11.6 Å². The number of carbonyl (C=O) groups is 1. The summed E-state index contributed by atoms with van der Waals surface area (Å²) in [6, 6.07) is 7.16. The maximum Gasteiger partial charge on any atom is 0.255 e. The molecule has 3 nitrogen and oxygen atoms in total. The van der Waals surface area contributed by atoms with Gasteiger partial charge in [0.1, 0.15) is 17.4 Å². The van der Waals surface area contributed by atoms with E-state index in [-0.39, 0.29) is 21.5 Å². The van der Waals surface area contributed by atoms with E-state index in [1.165, 1.54) is 24.3 Å². The fourth-order valence-corrected chi connectivity index (χ4v) is 1.68. The summed E-state index contributed by atoms with van der Waals surface area (Å²) in [5.41, 5.74) is -0.0284. The van der Waals surface area contributed by atoms with E-state index >= 15 is 0 Å². The van der Waals surface area contributed by atoms with Crippen molar-refractivity contribution in [3.8, 4) is 5.75 Å². The van der Waals surface area contributed by atoms with Crippen LogP contribution < -0.4 is 5.32 Å². The summed E-state index contributed by atoms with van der Waals surface area (Å²) < 4.78 is 26.9. The van der Waals surface area contributed by atoms with Crippen LogP contribution in [0.25, 0.3) is 0 Å². The molecule has 98 valence electrons. The Bertz CT molecular complexity index is 647. The van der Waals surface area contributed by atoms with Gasteiger partial charge in [0.2, 0.25) is 0 Å². The largest absolute Gasteiger partial charge is 0.508 e. The summed E-state index contributed by atoms with van der Waals surface area (Å²) in [5, 5.41) is 11.3. The highest BCUT2D eigenvalue weighted by atomic mass is 79.9. The number of halogens is 3. The molecule has 0 radical (unpaired) electrons. The van der Waals surface area contributed by atoms with Crippen molar-refractivity contribution < 1.29 is 18.7 Å². The van der Waals surface area contributed by atoms with Gasteiger partial charge in [-0.1, -0.05) is 0 Å². The van der Waals surface area contributed by atoms with Crippen molar-refractivity contribution in [2.45, 2.75) is 0 Å².